The number of rotatable bonds is 6. The lowest BCUT2D eigenvalue weighted by molar-refractivity contribution is -0.141. The van der Waals surface area contributed by atoms with Crippen molar-refractivity contribution < 1.29 is 19.1 Å². The highest BCUT2D eigenvalue weighted by Crippen LogP contribution is 2.20. The smallest absolute Gasteiger partial charge is 0.307 e. The number of ether oxygens (including phenoxy) is 2. The number of amides is 1. The zero-order chi connectivity index (χ0) is 21.0. The maximum atomic E-state index is 12.9. The number of esters is 1. The minimum Gasteiger partial charge on any atom is -0.469 e. The third kappa shape index (κ3) is 5.16. The molecule has 1 aromatic heterocycles. The summed E-state index contributed by atoms with van der Waals surface area (Å²) in [6.07, 6.45) is 0.0330. The number of aromatic nitrogens is 2. The SMILES string of the molecule is COC(=O)CCn1c(SCC(=O)N2C[C@@H](C)O[C@H](C)C2)nc2ccccc2c1=O. The van der Waals surface area contributed by atoms with Crippen LogP contribution in [0.3, 0.4) is 0 Å². The Morgan fingerprint density at radius 1 is 1.24 bits per heavy atom. The van der Waals surface area contributed by atoms with Crippen LogP contribution < -0.4 is 5.56 Å². The largest absolute Gasteiger partial charge is 0.469 e. The van der Waals surface area contributed by atoms with Crippen LogP contribution in [0.1, 0.15) is 20.3 Å². The first-order valence-electron chi connectivity index (χ1n) is 9.51. The predicted molar refractivity (Wildman–Crippen MR) is 110 cm³/mol. The minimum absolute atomic E-state index is 0.00951. The summed E-state index contributed by atoms with van der Waals surface area (Å²) in [4.78, 5) is 43.5. The van der Waals surface area contributed by atoms with E-state index in [-0.39, 0.29) is 42.4 Å². The highest BCUT2D eigenvalue weighted by molar-refractivity contribution is 7.99. The molecule has 1 saturated heterocycles. The molecule has 0 radical (unpaired) electrons. The minimum atomic E-state index is -0.409. The fraction of sp³-hybridized carbons (Fsp3) is 0.500. The molecule has 2 heterocycles. The van der Waals surface area contributed by atoms with E-state index >= 15 is 0 Å². The Morgan fingerprint density at radius 3 is 2.62 bits per heavy atom. The maximum Gasteiger partial charge on any atom is 0.307 e. The van der Waals surface area contributed by atoms with Gasteiger partial charge < -0.3 is 14.4 Å². The highest BCUT2D eigenvalue weighted by atomic mass is 32.2. The van der Waals surface area contributed by atoms with Gasteiger partial charge in [0.1, 0.15) is 0 Å². The summed E-state index contributed by atoms with van der Waals surface area (Å²) < 4.78 is 11.8. The number of hydrogen-bond acceptors (Lipinski definition) is 7. The molecule has 1 fully saturated rings. The predicted octanol–water partition coefficient (Wildman–Crippen LogP) is 1.69. The number of thioether (sulfide) groups is 1. The lowest BCUT2D eigenvalue weighted by Gasteiger charge is -2.35. The number of methoxy groups -OCH3 is 1. The van der Waals surface area contributed by atoms with Gasteiger partial charge >= 0.3 is 5.97 Å². The third-order valence-corrected chi connectivity index (χ3v) is 5.65. The van der Waals surface area contributed by atoms with Crippen LogP contribution in [0.4, 0.5) is 0 Å². The molecule has 0 spiro atoms. The molecule has 0 N–H and O–H groups in total. The molecule has 2 aromatic rings. The standard InChI is InChI=1S/C20H25N3O5S/c1-13-10-22(11-14(2)28-13)17(24)12-29-20-21-16-7-5-4-6-15(16)19(26)23(20)9-8-18(25)27-3/h4-7,13-14H,8-12H2,1-3H3/t13-,14-/m1/s1. The van der Waals surface area contributed by atoms with Crippen LogP contribution in [0.5, 0.6) is 0 Å². The molecule has 0 aliphatic carbocycles. The second-order valence-corrected chi connectivity index (χ2v) is 7.98. The third-order valence-electron chi connectivity index (χ3n) is 4.69. The van der Waals surface area contributed by atoms with Crippen molar-refractivity contribution in [1.82, 2.24) is 14.5 Å². The van der Waals surface area contributed by atoms with Crippen molar-refractivity contribution in [3.8, 4) is 0 Å². The van der Waals surface area contributed by atoms with Crippen LogP contribution in [-0.4, -0.2) is 64.5 Å². The van der Waals surface area contributed by atoms with E-state index in [4.69, 9.17) is 4.74 Å². The van der Waals surface area contributed by atoms with Crippen molar-refractivity contribution in [3.05, 3.63) is 34.6 Å². The van der Waals surface area contributed by atoms with Crippen LogP contribution in [-0.2, 0) is 25.6 Å². The van der Waals surface area contributed by atoms with Crippen LogP contribution in [0.15, 0.2) is 34.2 Å². The second-order valence-electron chi connectivity index (χ2n) is 7.04. The summed E-state index contributed by atoms with van der Waals surface area (Å²) in [6, 6.07) is 7.05. The number of hydrogen-bond donors (Lipinski definition) is 0. The molecule has 8 nitrogen and oxygen atoms in total. The van der Waals surface area contributed by atoms with Crippen LogP contribution >= 0.6 is 11.8 Å². The van der Waals surface area contributed by atoms with Crippen molar-refractivity contribution in [2.24, 2.45) is 0 Å². The van der Waals surface area contributed by atoms with Crippen molar-refractivity contribution in [2.45, 2.75) is 44.2 Å². The first kappa shape index (κ1) is 21.3. The quantitative estimate of drug-likeness (QED) is 0.400. The van der Waals surface area contributed by atoms with Crippen LogP contribution in [0.25, 0.3) is 10.9 Å². The molecule has 156 valence electrons. The first-order valence-corrected chi connectivity index (χ1v) is 10.5. The van der Waals surface area contributed by atoms with E-state index in [1.54, 1.807) is 23.1 Å². The number of para-hydroxylation sites is 1. The van der Waals surface area contributed by atoms with Crippen molar-refractivity contribution in [2.75, 3.05) is 26.0 Å². The summed E-state index contributed by atoms with van der Waals surface area (Å²) in [5.41, 5.74) is 0.332. The second kappa shape index (κ2) is 9.41. The molecule has 1 aliphatic rings. The molecule has 1 aliphatic heterocycles. The van der Waals surface area contributed by atoms with Gasteiger partial charge in [-0.2, -0.15) is 0 Å². The monoisotopic (exact) mass is 419 g/mol. The van der Waals surface area contributed by atoms with Crippen molar-refractivity contribution in [1.29, 1.82) is 0 Å². The fourth-order valence-corrected chi connectivity index (χ4v) is 4.29. The molecular weight excluding hydrogens is 394 g/mol. The van der Waals surface area contributed by atoms with Gasteiger partial charge in [0, 0.05) is 19.6 Å². The molecule has 0 unspecified atom stereocenters. The molecular formula is C20H25N3O5S. The first-order chi connectivity index (χ1) is 13.9. The summed E-state index contributed by atoms with van der Waals surface area (Å²) in [5, 5.41) is 0.893. The van der Waals surface area contributed by atoms with E-state index in [0.717, 1.165) is 0 Å². The Kier molecular flexibility index (Phi) is 6.92. The molecule has 9 heteroatoms. The number of nitrogens with zero attached hydrogens (tertiary/aromatic N) is 3. The van der Waals surface area contributed by atoms with Crippen molar-refractivity contribution >= 4 is 34.5 Å². The number of fused-ring (bicyclic) bond motifs is 1. The van der Waals surface area contributed by atoms with E-state index in [0.29, 0.717) is 29.1 Å². The van der Waals surface area contributed by atoms with Gasteiger partial charge in [-0.05, 0) is 26.0 Å². The van der Waals surface area contributed by atoms with Crippen molar-refractivity contribution in [3.63, 3.8) is 0 Å². The average molecular weight is 420 g/mol. The van der Waals surface area contributed by atoms with E-state index in [1.165, 1.54) is 23.4 Å². The Balaban J connectivity index is 1.82. The van der Waals surface area contributed by atoms with Crippen LogP contribution in [0.2, 0.25) is 0 Å². The number of carbonyl (C=O) groups is 2. The number of carbonyl (C=O) groups excluding carboxylic acids is 2. The molecule has 3 rings (SSSR count). The Hall–Kier alpha value is -2.39. The van der Waals surface area contributed by atoms with Gasteiger partial charge in [0.05, 0.1) is 42.4 Å². The maximum absolute atomic E-state index is 12.9. The summed E-state index contributed by atoms with van der Waals surface area (Å²) in [5.74, 6) is -0.282. The Labute approximate surface area is 173 Å². The van der Waals surface area contributed by atoms with Crippen LogP contribution in [0, 0.1) is 0 Å². The zero-order valence-corrected chi connectivity index (χ0v) is 17.6. The Morgan fingerprint density at radius 2 is 1.93 bits per heavy atom. The van der Waals surface area contributed by atoms with Gasteiger partial charge in [-0.25, -0.2) is 4.98 Å². The molecule has 29 heavy (non-hydrogen) atoms. The number of benzene rings is 1. The molecule has 1 aromatic carbocycles. The van der Waals surface area contributed by atoms with E-state index in [9.17, 15) is 14.4 Å². The van der Waals surface area contributed by atoms with Gasteiger partial charge in [0.2, 0.25) is 5.91 Å². The van der Waals surface area contributed by atoms with E-state index in [2.05, 4.69) is 9.72 Å². The van der Waals surface area contributed by atoms with Gasteiger partial charge in [-0.15, -0.1) is 0 Å². The van der Waals surface area contributed by atoms with Gasteiger partial charge in [-0.1, -0.05) is 23.9 Å². The molecule has 0 saturated carbocycles. The lowest BCUT2D eigenvalue weighted by Crippen LogP contribution is -2.48. The van der Waals surface area contributed by atoms with Gasteiger partial charge in [0.25, 0.3) is 5.56 Å². The molecule has 0 bridgehead atoms. The lowest BCUT2D eigenvalue weighted by atomic mass is 10.2. The molecule has 1 amide bonds. The zero-order valence-electron chi connectivity index (χ0n) is 16.8. The summed E-state index contributed by atoms with van der Waals surface area (Å²) in [6.45, 7) is 5.12. The topological polar surface area (TPSA) is 90.7 Å². The van der Waals surface area contributed by atoms with Gasteiger partial charge in [-0.3, -0.25) is 19.0 Å². The number of morpholine rings is 1. The van der Waals surface area contributed by atoms with E-state index in [1.807, 2.05) is 19.9 Å². The summed E-state index contributed by atoms with van der Waals surface area (Å²) in [7, 11) is 1.31. The highest BCUT2D eigenvalue weighted by Gasteiger charge is 2.26. The Bertz CT molecular complexity index is 951. The normalized spacial score (nSPS) is 19.3. The van der Waals surface area contributed by atoms with E-state index < -0.39 is 5.97 Å². The molecule has 2 atom stereocenters. The fourth-order valence-electron chi connectivity index (χ4n) is 3.36. The van der Waals surface area contributed by atoms with Gasteiger partial charge in [0.15, 0.2) is 5.16 Å². The summed E-state index contributed by atoms with van der Waals surface area (Å²) >= 11 is 1.21. The average Bonchev–Trinajstić information content (AvgIpc) is 2.70.